The number of carboxylic acids is 1. The predicted molar refractivity (Wildman–Crippen MR) is 84.1 cm³/mol. The molecule has 0 amide bonds. The number of hydrogen-bond donors (Lipinski definition) is 1. The van der Waals surface area contributed by atoms with Crippen LogP contribution in [0.1, 0.15) is 34.3 Å². The third kappa shape index (κ3) is 2.77. The maximum atomic E-state index is 12.8. The molecule has 0 aromatic heterocycles. The summed E-state index contributed by atoms with van der Waals surface area (Å²) in [6.07, 6.45) is 1.76. The molecule has 1 aromatic rings. The zero-order valence-electron chi connectivity index (χ0n) is 13.3. The number of carbonyl (C=O) groups is 1. The lowest BCUT2D eigenvalue weighted by atomic mass is 9.75. The fourth-order valence-corrected chi connectivity index (χ4v) is 5.37. The number of rotatable bonds is 3. The van der Waals surface area contributed by atoms with Gasteiger partial charge in [0.15, 0.2) is 0 Å². The quantitative estimate of drug-likeness (QED) is 0.908. The van der Waals surface area contributed by atoms with Crippen LogP contribution < -0.4 is 0 Å². The summed E-state index contributed by atoms with van der Waals surface area (Å²) in [5.41, 5.74) is 1.23. The average molecular weight is 339 g/mol. The van der Waals surface area contributed by atoms with Crippen LogP contribution >= 0.6 is 0 Å². The predicted octanol–water partition coefficient (Wildman–Crippen LogP) is 1.80. The Kier molecular flexibility index (Phi) is 3.98. The molecule has 0 aliphatic carbocycles. The Balaban J connectivity index is 1.89. The van der Waals surface area contributed by atoms with Crippen molar-refractivity contribution in [2.75, 3.05) is 26.3 Å². The zero-order valence-corrected chi connectivity index (χ0v) is 14.1. The molecule has 126 valence electrons. The van der Waals surface area contributed by atoms with E-state index in [4.69, 9.17) is 4.74 Å². The molecule has 0 saturated carbocycles. The molecule has 2 heterocycles. The minimum absolute atomic E-state index is 0.0375. The van der Waals surface area contributed by atoms with Gasteiger partial charge in [-0.05, 0) is 43.9 Å². The lowest BCUT2D eigenvalue weighted by Crippen LogP contribution is -2.60. The van der Waals surface area contributed by atoms with Gasteiger partial charge in [-0.2, -0.15) is 4.31 Å². The SMILES string of the molecule is Cc1cc(C)c(S(=O)(=O)N2CC3(CCOCC3)C2)cc1C(=O)O. The third-order valence-electron chi connectivity index (χ3n) is 4.95. The first-order chi connectivity index (χ1) is 10.8. The van der Waals surface area contributed by atoms with Crippen molar-refractivity contribution in [2.45, 2.75) is 31.6 Å². The van der Waals surface area contributed by atoms with Crippen molar-refractivity contribution < 1.29 is 23.1 Å². The maximum Gasteiger partial charge on any atom is 0.335 e. The lowest BCUT2D eigenvalue weighted by molar-refractivity contribution is -0.0476. The third-order valence-corrected chi connectivity index (χ3v) is 6.88. The van der Waals surface area contributed by atoms with E-state index in [2.05, 4.69) is 0 Å². The van der Waals surface area contributed by atoms with Crippen molar-refractivity contribution >= 4 is 16.0 Å². The summed E-state index contributed by atoms with van der Waals surface area (Å²) < 4.78 is 32.5. The molecule has 23 heavy (non-hydrogen) atoms. The lowest BCUT2D eigenvalue weighted by Gasteiger charge is -2.51. The fraction of sp³-hybridized carbons (Fsp3) is 0.562. The van der Waals surface area contributed by atoms with Crippen LogP contribution in [-0.2, 0) is 14.8 Å². The van der Waals surface area contributed by atoms with Crippen molar-refractivity contribution in [3.05, 3.63) is 28.8 Å². The fourth-order valence-electron chi connectivity index (χ4n) is 3.47. The monoisotopic (exact) mass is 339 g/mol. The Morgan fingerprint density at radius 1 is 1.17 bits per heavy atom. The molecule has 2 fully saturated rings. The molecule has 7 heteroatoms. The van der Waals surface area contributed by atoms with Crippen LogP contribution in [0.25, 0.3) is 0 Å². The largest absolute Gasteiger partial charge is 0.478 e. The molecule has 6 nitrogen and oxygen atoms in total. The summed E-state index contributed by atoms with van der Waals surface area (Å²) in [5.74, 6) is -1.11. The van der Waals surface area contributed by atoms with E-state index in [1.807, 2.05) is 0 Å². The van der Waals surface area contributed by atoms with E-state index in [0.717, 1.165) is 12.8 Å². The average Bonchev–Trinajstić information content (AvgIpc) is 2.44. The first kappa shape index (κ1) is 16.4. The molecule has 0 radical (unpaired) electrons. The molecule has 3 rings (SSSR count). The van der Waals surface area contributed by atoms with Crippen molar-refractivity contribution in [1.82, 2.24) is 4.31 Å². The van der Waals surface area contributed by atoms with Gasteiger partial charge in [0.25, 0.3) is 0 Å². The molecule has 2 aliphatic heterocycles. The first-order valence-electron chi connectivity index (χ1n) is 7.68. The Morgan fingerprint density at radius 3 is 2.35 bits per heavy atom. The number of ether oxygens (including phenoxy) is 1. The summed E-state index contributed by atoms with van der Waals surface area (Å²) in [7, 11) is -3.65. The maximum absolute atomic E-state index is 12.8. The minimum atomic E-state index is -3.65. The standard InChI is InChI=1S/C16H21NO5S/c1-11-7-12(2)14(8-13(11)15(18)19)23(20,21)17-9-16(10-17)3-5-22-6-4-16/h7-8H,3-6,9-10H2,1-2H3,(H,18,19). The summed E-state index contributed by atoms with van der Waals surface area (Å²) >= 11 is 0. The molecule has 2 aliphatic rings. The molecule has 0 bridgehead atoms. The van der Waals surface area contributed by atoms with E-state index in [-0.39, 0.29) is 15.9 Å². The first-order valence-corrected chi connectivity index (χ1v) is 9.12. The second-order valence-corrected chi connectivity index (χ2v) is 8.53. The van der Waals surface area contributed by atoms with Crippen LogP contribution in [0.3, 0.4) is 0 Å². The van der Waals surface area contributed by atoms with E-state index in [9.17, 15) is 18.3 Å². The molecular formula is C16H21NO5S. The van der Waals surface area contributed by atoms with E-state index in [1.165, 1.54) is 10.4 Å². The van der Waals surface area contributed by atoms with Crippen molar-refractivity contribution in [3.63, 3.8) is 0 Å². The number of sulfonamides is 1. The van der Waals surface area contributed by atoms with E-state index in [0.29, 0.717) is 37.4 Å². The number of nitrogens with zero attached hydrogens (tertiary/aromatic N) is 1. The van der Waals surface area contributed by atoms with Crippen molar-refractivity contribution in [2.24, 2.45) is 5.41 Å². The number of benzene rings is 1. The van der Waals surface area contributed by atoms with E-state index >= 15 is 0 Å². The van der Waals surface area contributed by atoms with Crippen LogP contribution in [0.15, 0.2) is 17.0 Å². The van der Waals surface area contributed by atoms with Gasteiger partial charge in [0.2, 0.25) is 10.0 Å². The molecule has 2 saturated heterocycles. The smallest absolute Gasteiger partial charge is 0.335 e. The second-order valence-electron chi connectivity index (χ2n) is 6.62. The molecule has 1 spiro atoms. The van der Waals surface area contributed by atoms with Gasteiger partial charge in [-0.1, -0.05) is 6.07 Å². The van der Waals surface area contributed by atoms with Crippen molar-refractivity contribution in [1.29, 1.82) is 0 Å². The van der Waals surface area contributed by atoms with Gasteiger partial charge in [0.05, 0.1) is 10.5 Å². The van der Waals surface area contributed by atoms with Gasteiger partial charge >= 0.3 is 5.97 Å². The molecule has 1 N–H and O–H groups in total. The van der Waals surface area contributed by atoms with Gasteiger partial charge in [-0.15, -0.1) is 0 Å². The molecule has 1 aromatic carbocycles. The van der Waals surface area contributed by atoms with Crippen LogP contribution in [0.4, 0.5) is 0 Å². The molecule has 0 unspecified atom stereocenters. The normalized spacial score (nSPS) is 21.1. The topological polar surface area (TPSA) is 83.9 Å². The highest BCUT2D eigenvalue weighted by atomic mass is 32.2. The number of aromatic carboxylic acids is 1. The number of hydrogen-bond acceptors (Lipinski definition) is 4. The Bertz CT molecular complexity index is 742. The number of aryl methyl sites for hydroxylation is 2. The summed E-state index contributed by atoms with van der Waals surface area (Å²) in [4.78, 5) is 11.4. The van der Waals surface area contributed by atoms with Gasteiger partial charge < -0.3 is 9.84 Å². The minimum Gasteiger partial charge on any atom is -0.478 e. The Morgan fingerprint density at radius 2 is 1.78 bits per heavy atom. The van der Waals surface area contributed by atoms with Crippen LogP contribution in [0.5, 0.6) is 0 Å². The van der Waals surface area contributed by atoms with Crippen LogP contribution in [0.2, 0.25) is 0 Å². The highest BCUT2D eigenvalue weighted by Gasteiger charge is 2.49. The highest BCUT2D eigenvalue weighted by molar-refractivity contribution is 7.89. The van der Waals surface area contributed by atoms with Crippen LogP contribution in [0, 0.1) is 19.3 Å². The number of carboxylic acid groups (broad SMARTS) is 1. The van der Waals surface area contributed by atoms with E-state index < -0.39 is 16.0 Å². The Hall–Kier alpha value is -1.44. The van der Waals surface area contributed by atoms with Crippen molar-refractivity contribution in [3.8, 4) is 0 Å². The van der Waals surface area contributed by atoms with Gasteiger partial charge in [-0.3, -0.25) is 0 Å². The highest BCUT2D eigenvalue weighted by Crippen LogP contribution is 2.42. The summed E-state index contributed by atoms with van der Waals surface area (Å²) in [6, 6.07) is 2.91. The van der Waals surface area contributed by atoms with Gasteiger partial charge in [-0.25, -0.2) is 13.2 Å². The Labute approximate surface area is 136 Å². The van der Waals surface area contributed by atoms with Gasteiger partial charge in [0.1, 0.15) is 0 Å². The molecular weight excluding hydrogens is 318 g/mol. The van der Waals surface area contributed by atoms with Crippen LogP contribution in [-0.4, -0.2) is 50.1 Å². The van der Waals surface area contributed by atoms with E-state index in [1.54, 1.807) is 19.9 Å². The zero-order chi connectivity index (χ0) is 16.8. The summed E-state index contributed by atoms with van der Waals surface area (Å²) in [5, 5.41) is 9.23. The second kappa shape index (κ2) is 5.58. The van der Waals surface area contributed by atoms with Gasteiger partial charge in [0, 0.05) is 31.7 Å². The summed E-state index contributed by atoms with van der Waals surface area (Å²) in [6.45, 7) is 5.73. The molecule has 0 atom stereocenters.